The molecule has 0 heterocycles. The van der Waals surface area contributed by atoms with Crippen LogP contribution in [0.5, 0.6) is 0 Å². The monoisotopic (exact) mass is 330 g/mol. The van der Waals surface area contributed by atoms with Crippen LogP contribution in [0, 0.1) is 0 Å². The minimum atomic E-state index is -0.0515. The lowest BCUT2D eigenvalue weighted by Gasteiger charge is -2.05. The van der Waals surface area contributed by atoms with Gasteiger partial charge < -0.3 is 14.9 Å². The van der Waals surface area contributed by atoms with E-state index >= 15 is 0 Å². The summed E-state index contributed by atoms with van der Waals surface area (Å²) in [6.45, 7) is 1.17. The van der Waals surface area contributed by atoms with Gasteiger partial charge in [-0.25, -0.2) is 0 Å². The molecule has 0 aromatic rings. The molecular weight excluding hydrogens is 292 g/mol. The molecular formula is C19H38O4. The van der Waals surface area contributed by atoms with Crippen molar-refractivity contribution in [2.45, 2.75) is 96.3 Å². The van der Waals surface area contributed by atoms with Gasteiger partial charge in [-0.05, 0) is 25.7 Å². The Bertz CT molecular complexity index is 244. The Labute approximate surface area is 142 Å². The van der Waals surface area contributed by atoms with Crippen LogP contribution < -0.4 is 0 Å². The van der Waals surface area contributed by atoms with Crippen molar-refractivity contribution >= 4 is 5.97 Å². The number of aliphatic hydroxyl groups is 2. The van der Waals surface area contributed by atoms with Gasteiger partial charge in [-0.2, -0.15) is 0 Å². The highest BCUT2D eigenvalue weighted by atomic mass is 16.5. The van der Waals surface area contributed by atoms with E-state index in [1.807, 2.05) is 0 Å². The molecule has 0 bridgehead atoms. The van der Waals surface area contributed by atoms with Crippen LogP contribution in [-0.4, -0.2) is 36.0 Å². The van der Waals surface area contributed by atoms with Crippen molar-refractivity contribution in [2.75, 3.05) is 19.8 Å². The van der Waals surface area contributed by atoms with E-state index < -0.39 is 0 Å². The molecule has 23 heavy (non-hydrogen) atoms. The summed E-state index contributed by atoms with van der Waals surface area (Å²) in [5.41, 5.74) is 0. The number of ether oxygens (including phenoxy) is 1. The van der Waals surface area contributed by atoms with E-state index in [9.17, 15) is 4.79 Å². The maximum atomic E-state index is 11.5. The van der Waals surface area contributed by atoms with Gasteiger partial charge in [-0.15, -0.1) is 0 Å². The van der Waals surface area contributed by atoms with E-state index in [4.69, 9.17) is 14.9 Å². The Morgan fingerprint density at radius 1 is 0.565 bits per heavy atom. The van der Waals surface area contributed by atoms with E-state index in [2.05, 4.69) is 0 Å². The fourth-order valence-electron chi connectivity index (χ4n) is 2.62. The minimum Gasteiger partial charge on any atom is -0.466 e. The first-order valence-corrected chi connectivity index (χ1v) is 9.68. The molecule has 138 valence electrons. The predicted octanol–water partition coefficient (Wildman–Crippen LogP) is 4.37. The normalized spacial score (nSPS) is 10.9. The largest absolute Gasteiger partial charge is 0.466 e. The van der Waals surface area contributed by atoms with Crippen molar-refractivity contribution in [3.05, 3.63) is 0 Å². The highest BCUT2D eigenvalue weighted by Crippen LogP contribution is 2.10. The molecule has 0 aliphatic carbocycles. The van der Waals surface area contributed by atoms with Gasteiger partial charge in [0.05, 0.1) is 6.61 Å². The van der Waals surface area contributed by atoms with E-state index in [1.165, 1.54) is 25.7 Å². The number of unbranched alkanes of at least 4 members (excludes halogenated alkanes) is 12. The van der Waals surface area contributed by atoms with Crippen LogP contribution in [0.4, 0.5) is 0 Å². The Hall–Kier alpha value is -0.610. The van der Waals surface area contributed by atoms with Crippen LogP contribution >= 0.6 is 0 Å². The third kappa shape index (κ3) is 19.3. The Morgan fingerprint density at radius 2 is 0.957 bits per heavy atom. The number of hydrogen-bond acceptors (Lipinski definition) is 4. The lowest BCUT2D eigenvalue weighted by Crippen LogP contribution is -2.05. The second-order valence-electron chi connectivity index (χ2n) is 6.37. The fraction of sp³-hybridized carbons (Fsp3) is 0.947. The second-order valence-corrected chi connectivity index (χ2v) is 6.37. The molecule has 0 rings (SSSR count). The average Bonchev–Trinajstić information content (AvgIpc) is 2.55. The summed E-state index contributed by atoms with van der Waals surface area (Å²) in [5, 5.41) is 17.3. The molecule has 0 aliphatic heterocycles. The highest BCUT2D eigenvalue weighted by molar-refractivity contribution is 5.69. The molecule has 0 spiro atoms. The maximum Gasteiger partial charge on any atom is 0.305 e. The average molecular weight is 331 g/mol. The molecule has 0 radical (unpaired) electrons. The Balaban J connectivity index is 3.13. The Kier molecular flexibility index (Phi) is 18.9. The zero-order chi connectivity index (χ0) is 17.0. The molecule has 2 N–H and O–H groups in total. The summed E-state index contributed by atoms with van der Waals surface area (Å²) in [7, 11) is 0. The SMILES string of the molecule is O=C(CCCCCCCCO)OCCCCCCCCCCO. The van der Waals surface area contributed by atoms with Gasteiger partial charge in [-0.1, -0.05) is 64.2 Å². The quantitative estimate of drug-likeness (QED) is 0.289. The first-order chi connectivity index (χ1) is 11.3. The lowest BCUT2D eigenvalue weighted by molar-refractivity contribution is -0.143. The van der Waals surface area contributed by atoms with Gasteiger partial charge in [0.15, 0.2) is 0 Å². The van der Waals surface area contributed by atoms with Crippen molar-refractivity contribution in [1.82, 2.24) is 0 Å². The van der Waals surface area contributed by atoms with E-state index in [0.29, 0.717) is 19.6 Å². The molecule has 0 aliphatic rings. The van der Waals surface area contributed by atoms with Crippen LogP contribution in [0.2, 0.25) is 0 Å². The van der Waals surface area contributed by atoms with Gasteiger partial charge in [0, 0.05) is 19.6 Å². The number of rotatable bonds is 18. The van der Waals surface area contributed by atoms with Gasteiger partial charge >= 0.3 is 5.97 Å². The van der Waals surface area contributed by atoms with Crippen molar-refractivity contribution < 1.29 is 19.7 Å². The minimum absolute atomic E-state index is 0.0515. The lowest BCUT2D eigenvalue weighted by atomic mass is 10.1. The van der Waals surface area contributed by atoms with Crippen molar-refractivity contribution in [3.63, 3.8) is 0 Å². The zero-order valence-electron chi connectivity index (χ0n) is 14.9. The van der Waals surface area contributed by atoms with Gasteiger partial charge in [0.1, 0.15) is 0 Å². The van der Waals surface area contributed by atoms with Gasteiger partial charge in [-0.3, -0.25) is 4.79 Å². The van der Waals surface area contributed by atoms with E-state index in [0.717, 1.165) is 64.2 Å². The van der Waals surface area contributed by atoms with Crippen molar-refractivity contribution in [1.29, 1.82) is 0 Å². The molecule has 0 aromatic heterocycles. The third-order valence-electron chi connectivity index (χ3n) is 4.10. The van der Waals surface area contributed by atoms with Crippen LogP contribution in [0.25, 0.3) is 0 Å². The van der Waals surface area contributed by atoms with Crippen LogP contribution in [-0.2, 0) is 9.53 Å². The molecule has 0 amide bonds. The Morgan fingerprint density at radius 3 is 1.43 bits per heavy atom. The van der Waals surface area contributed by atoms with Crippen LogP contribution in [0.1, 0.15) is 96.3 Å². The van der Waals surface area contributed by atoms with Crippen molar-refractivity contribution in [2.24, 2.45) is 0 Å². The first-order valence-electron chi connectivity index (χ1n) is 9.68. The van der Waals surface area contributed by atoms with Gasteiger partial charge in [0.25, 0.3) is 0 Å². The summed E-state index contributed by atoms with van der Waals surface area (Å²) >= 11 is 0. The summed E-state index contributed by atoms with van der Waals surface area (Å²) < 4.78 is 5.25. The number of hydrogen-bond donors (Lipinski definition) is 2. The van der Waals surface area contributed by atoms with Crippen LogP contribution in [0.15, 0.2) is 0 Å². The molecule has 4 nitrogen and oxygen atoms in total. The van der Waals surface area contributed by atoms with Gasteiger partial charge in [0.2, 0.25) is 0 Å². The number of carbonyl (C=O) groups is 1. The predicted molar refractivity (Wildman–Crippen MR) is 94.4 cm³/mol. The van der Waals surface area contributed by atoms with E-state index in [1.54, 1.807) is 0 Å². The molecule has 0 fully saturated rings. The molecule has 0 aromatic carbocycles. The summed E-state index contributed by atoms with van der Waals surface area (Å²) in [6, 6.07) is 0. The standard InChI is InChI=1S/C19H38O4/c20-16-12-8-4-1-2-6-10-14-18-23-19(22)15-11-7-3-5-9-13-17-21/h20-21H,1-18H2. The number of aliphatic hydroxyl groups excluding tert-OH is 2. The fourth-order valence-corrected chi connectivity index (χ4v) is 2.62. The third-order valence-corrected chi connectivity index (χ3v) is 4.10. The summed E-state index contributed by atoms with van der Waals surface area (Å²) in [4.78, 5) is 11.5. The zero-order valence-corrected chi connectivity index (χ0v) is 14.9. The molecule has 0 unspecified atom stereocenters. The number of esters is 1. The molecule has 0 atom stereocenters. The smallest absolute Gasteiger partial charge is 0.305 e. The number of carbonyl (C=O) groups excluding carboxylic acids is 1. The molecule has 0 saturated carbocycles. The maximum absolute atomic E-state index is 11.5. The molecule has 4 heteroatoms. The molecule has 0 saturated heterocycles. The second kappa shape index (κ2) is 19.4. The van der Waals surface area contributed by atoms with Crippen LogP contribution in [0.3, 0.4) is 0 Å². The summed E-state index contributed by atoms with van der Waals surface area (Å²) in [6.07, 6.45) is 15.9. The highest BCUT2D eigenvalue weighted by Gasteiger charge is 2.02. The first kappa shape index (κ1) is 22.4. The van der Waals surface area contributed by atoms with E-state index in [-0.39, 0.29) is 12.6 Å². The topological polar surface area (TPSA) is 66.8 Å². The van der Waals surface area contributed by atoms with Crippen molar-refractivity contribution in [3.8, 4) is 0 Å². The summed E-state index contributed by atoms with van der Waals surface area (Å²) in [5.74, 6) is -0.0515.